The van der Waals surface area contributed by atoms with E-state index >= 15 is 0 Å². The highest BCUT2D eigenvalue weighted by atomic mass is 16.6. The minimum atomic E-state index is -0.495. The van der Waals surface area contributed by atoms with E-state index in [0.717, 1.165) is 0 Å². The fraction of sp³-hybridized carbons (Fsp3) is 0. The number of pyridine rings is 1. The van der Waals surface area contributed by atoms with Crippen molar-refractivity contribution in [1.82, 2.24) is 15.2 Å². The Hall–Kier alpha value is -4.86. The number of carbonyl (C=O) groups is 1. The van der Waals surface area contributed by atoms with Crippen LogP contribution in [0, 0.1) is 10.1 Å². The molecular weight excluding hydrogens is 414 g/mol. The molecule has 10 heteroatoms. The number of nitro groups is 1. The van der Waals surface area contributed by atoms with E-state index in [0.29, 0.717) is 33.5 Å². The molecule has 3 heterocycles. The van der Waals surface area contributed by atoms with Gasteiger partial charge in [-0.25, -0.2) is 4.98 Å². The Bertz CT molecular complexity index is 1460. The first-order valence-electron chi connectivity index (χ1n) is 9.42. The van der Waals surface area contributed by atoms with Crippen LogP contribution in [0.25, 0.3) is 33.8 Å². The number of rotatable bonds is 5. The highest BCUT2D eigenvalue weighted by molar-refractivity contribution is 6.12. The molecule has 1 amide bonds. The number of carbonyl (C=O) groups excluding carboxylic acids is 1. The van der Waals surface area contributed by atoms with Gasteiger partial charge >= 0.3 is 6.01 Å². The third-order valence-corrected chi connectivity index (χ3v) is 4.69. The van der Waals surface area contributed by atoms with Gasteiger partial charge < -0.3 is 8.83 Å². The van der Waals surface area contributed by atoms with Gasteiger partial charge in [-0.1, -0.05) is 35.4 Å². The van der Waals surface area contributed by atoms with Crippen LogP contribution in [0.3, 0.4) is 0 Å². The number of para-hydroxylation sites is 1. The molecule has 10 nitrogen and oxygen atoms in total. The second-order valence-corrected chi connectivity index (χ2v) is 6.72. The van der Waals surface area contributed by atoms with Crippen LogP contribution in [0.15, 0.2) is 81.8 Å². The van der Waals surface area contributed by atoms with Crippen LogP contribution in [0.4, 0.5) is 11.7 Å². The second kappa shape index (κ2) is 7.76. The van der Waals surface area contributed by atoms with Crippen molar-refractivity contribution >= 4 is 28.5 Å². The summed E-state index contributed by atoms with van der Waals surface area (Å²) in [4.78, 5) is 28.3. The van der Waals surface area contributed by atoms with Gasteiger partial charge in [0.05, 0.1) is 28.0 Å². The molecule has 0 radical (unpaired) electrons. The number of anilines is 1. The van der Waals surface area contributed by atoms with Crippen LogP contribution in [-0.2, 0) is 0 Å². The molecule has 0 aliphatic rings. The topological polar surface area (TPSA) is 137 Å². The number of fused-ring (bicyclic) bond motifs is 1. The van der Waals surface area contributed by atoms with Crippen LogP contribution < -0.4 is 5.32 Å². The minimum absolute atomic E-state index is 0.0697. The zero-order valence-corrected chi connectivity index (χ0v) is 16.3. The molecule has 32 heavy (non-hydrogen) atoms. The first-order chi connectivity index (χ1) is 15.6. The lowest BCUT2D eigenvalue weighted by Gasteiger charge is -2.09. The van der Waals surface area contributed by atoms with E-state index in [2.05, 4.69) is 20.5 Å². The highest BCUT2D eigenvalue weighted by Gasteiger charge is 2.18. The zero-order chi connectivity index (χ0) is 22.1. The van der Waals surface area contributed by atoms with Gasteiger partial charge in [0.2, 0.25) is 0 Å². The summed E-state index contributed by atoms with van der Waals surface area (Å²) in [6.07, 6.45) is 1.47. The Morgan fingerprint density at radius 3 is 2.69 bits per heavy atom. The van der Waals surface area contributed by atoms with Crippen molar-refractivity contribution in [3.8, 4) is 22.9 Å². The van der Waals surface area contributed by atoms with Crippen LogP contribution in [0.5, 0.6) is 0 Å². The number of benzene rings is 2. The lowest BCUT2D eigenvalue weighted by molar-refractivity contribution is -0.384. The molecule has 1 N–H and O–H groups in total. The first kappa shape index (κ1) is 19.1. The van der Waals surface area contributed by atoms with Gasteiger partial charge in [0.15, 0.2) is 5.76 Å². The number of nitrogens with one attached hydrogen (secondary N) is 1. The Morgan fingerprint density at radius 1 is 1.00 bits per heavy atom. The smallest absolute Gasteiger partial charge is 0.322 e. The van der Waals surface area contributed by atoms with Gasteiger partial charge in [0.1, 0.15) is 0 Å². The average Bonchev–Trinajstić information content (AvgIpc) is 3.50. The number of nitro benzene ring substituents is 1. The SMILES string of the molecule is O=C(Nc1nnc(-c2ccco2)o1)c1cc(-c2cccc([N+](=O)[O-])c2)nc2ccccc12. The lowest BCUT2D eigenvalue weighted by Crippen LogP contribution is -2.13. The number of furan rings is 1. The van der Waals surface area contributed by atoms with Crippen molar-refractivity contribution in [2.24, 2.45) is 0 Å². The standard InChI is InChI=1S/C22H13N5O5/c28-20(24-22-26-25-21(32-22)19-9-4-10-31-19)16-12-18(23-17-8-2-1-7-15(16)17)13-5-3-6-14(11-13)27(29)30/h1-12H,(H,24,26,28). The third-order valence-electron chi connectivity index (χ3n) is 4.69. The van der Waals surface area contributed by atoms with Gasteiger partial charge in [-0.2, -0.15) is 0 Å². The van der Waals surface area contributed by atoms with Gasteiger partial charge in [-0.15, -0.1) is 5.10 Å². The summed E-state index contributed by atoms with van der Waals surface area (Å²) >= 11 is 0. The molecule has 5 rings (SSSR count). The number of hydrogen-bond donors (Lipinski definition) is 1. The largest absolute Gasteiger partial charge is 0.459 e. The summed E-state index contributed by atoms with van der Waals surface area (Å²) < 4.78 is 10.7. The second-order valence-electron chi connectivity index (χ2n) is 6.72. The maximum Gasteiger partial charge on any atom is 0.322 e. The molecule has 0 atom stereocenters. The van der Waals surface area contributed by atoms with Crippen LogP contribution in [0.1, 0.15) is 10.4 Å². The third kappa shape index (κ3) is 3.56. The van der Waals surface area contributed by atoms with Crippen molar-refractivity contribution in [3.63, 3.8) is 0 Å². The van der Waals surface area contributed by atoms with Crippen LogP contribution in [0.2, 0.25) is 0 Å². The van der Waals surface area contributed by atoms with Crippen molar-refractivity contribution in [1.29, 1.82) is 0 Å². The number of hydrogen-bond acceptors (Lipinski definition) is 8. The van der Waals surface area contributed by atoms with Gasteiger partial charge in [-0.05, 0) is 24.3 Å². The Morgan fingerprint density at radius 2 is 1.88 bits per heavy atom. The molecule has 3 aromatic heterocycles. The number of non-ortho nitro benzene ring substituents is 1. The summed E-state index contributed by atoms with van der Waals surface area (Å²) in [5.74, 6) is 0.00687. The molecule has 5 aromatic rings. The molecular formula is C22H13N5O5. The summed E-state index contributed by atoms with van der Waals surface area (Å²) in [5, 5.41) is 22.0. The quantitative estimate of drug-likeness (QED) is 0.314. The fourth-order valence-electron chi connectivity index (χ4n) is 3.23. The monoisotopic (exact) mass is 427 g/mol. The van der Waals surface area contributed by atoms with E-state index in [9.17, 15) is 14.9 Å². The van der Waals surface area contributed by atoms with E-state index in [4.69, 9.17) is 8.83 Å². The maximum atomic E-state index is 13.1. The first-order valence-corrected chi connectivity index (χ1v) is 9.42. The fourth-order valence-corrected chi connectivity index (χ4v) is 3.23. The molecule has 156 valence electrons. The molecule has 0 aliphatic heterocycles. The normalized spacial score (nSPS) is 10.9. The Kier molecular flexibility index (Phi) is 4.64. The predicted octanol–water partition coefficient (Wildman–Crippen LogP) is 4.71. The molecule has 0 spiro atoms. The molecule has 0 unspecified atom stereocenters. The van der Waals surface area contributed by atoms with Crippen molar-refractivity contribution in [2.75, 3.05) is 5.32 Å². The summed E-state index contributed by atoms with van der Waals surface area (Å²) in [6.45, 7) is 0. The van der Waals surface area contributed by atoms with Crippen molar-refractivity contribution in [2.45, 2.75) is 0 Å². The molecule has 0 aliphatic carbocycles. The van der Waals surface area contributed by atoms with E-state index < -0.39 is 10.8 Å². The number of aromatic nitrogens is 3. The van der Waals surface area contributed by atoms with Crippen molar-refractivity contribution < 1.29 is 18.6 Å². The minimum Gasteiger partial charge on any atom is -0.459 e. The molecule has 0 saturated carbocycles. The summed E-state index contributed by atoms with van der Waals surface area (Å²) in [5.41, 5.74) is 1.72. The zero-order valence-electron chi connectivity index (χ0n) is 16.3. The maximum absolute atomic E-state index is 13.1. The summed E-state index contributed by atoms with van der Waals surface area (Å²) in [7, 11) is 0. The predicted molar refractivity (Wildman–Crippen MR) is 114 cm³/mol. The van der Waals surface area contributed by atoms with Gasteiger partial charge in [0, 0.05) is 23.1 Å². The summed E-state index contributed by atoms with van der Waals surface area (Å²) in [6, 6.07) is 18.0. The van der Waals surface area contributed by atoms with E-state index in [1.54, 1.807) is 54.6 Å². The molecule has 0 fully saturated rings. The Labute approximate surface area is 179 Å². The van der Waals surface area contributed by atoms with E-state index in [1.165, 1.54) is 18.4 Å². The average molecular weight is 427 g/mol. The molecule has 0 saturated heterocycles. The number of amides is 1. The van der Waals surface area contributed by atoms with E-state index in [1.807, 2.05) is 0 Å². The molecule has 0 bridgehead atoms. The van der Waals surface area contributed by atoms with Gasteiger partial charge in [-0.3, -0.25) is 20.2 Å². The molecule has 2 aromatic carbocycles. The highest BCUT2D eigenvalue weighted by Crippen LogP contribution is 2.28. The lowest BCUT2D eigenvalue weighted by atomic mass is 10.0. The van der Waals surface area contributed by atoms with Crippen molar-refractivity contribution in [3.05, 3.63) is 88.7 Å². The van der Waals surface area contributed by atoms with Gasteiger partial charge in [0.25, 0.3) is 17.5 Å². The van der Waals surface area contributed by atoms with Crippen LogP contribution in [-0.4, -0.2) is 26.0 Å². The number of nitrogens with zero attached hydrogens (tertiary/aromatic N) is 4. The van der Waals surface area contributed by atoms with Crippen LogP contribution >= 0.6 is 0 Å². The van der Waals surface area contributed by atoms with E-state index in [-0.39, 0.29) is 17.6 Å². The Balaban J connectivity index is 1.53.